The molecular formula is C13H21FO. The quantitative estimate of drug-likeness (QED) is 0.679. The monoisotopic (exact) mass is 212 g/mol. The van der Waals surface area contributed by atoms with E-state index < -0.39 is 0 Å². The lowest BCUT2D eigenvalue weighted by molar-refractivity contribution is 0.409. The fraction of sp³-hybridized carbons (Fsp3) is 0.538. The Kier molecular flexibility index (Phi) is 5.34. The minimum absolute atomic E-state index is 0.156. The first-order chi connectivity index (χ1) is 6.95. The second-order valence-corrected chi connectivity index (χ2v) is 4.10. The zero-order valence-electron chi connectivity index (χ0n) is 10.5. The van der Waals surface area contributed by atoms with Crippen molar-refractivity contribution in [3.05, 3.63) is 29.6 Å². The van der Waals surface area contributed by atoms with Gasteiger partial charge in [-0.25, -0.2) is 4.39 Å². The zero-order valence-corrected chi connectivity index (χ0v) is 10.5. The highest BCUT2D eigenvalue weighted by Gasteiger charge is 2.18. The van der Waals surface area contributed by atoms with Gasteiger partial charge in [-0.2, -0.15) is 0 Å². The Balaban J connectivity index is 0.000000921. The number of methoxy groups -OCH3 is 1. The molecule has 0 radical (unpaired) electrons. The molecule has 15 heavy (non-hydrogen) atoms. The first-order valence-electron chi connectivity index (χ1n) is 5.29. The van der Waals surface area contributed by atoms with Gasteiger partial charge in [-0.3, -0.25) is 0 Å². The van der Waals surface area contributed by atoms with E-state index in [0.29, 0.717) is 11.3 Å². The summed E-state index contributed by atoms with van der Waals surface area (Å²) in [6.45, 7) is 9.95. The van der Waals surface area contributed by atoms with Gasteiger partial charge in [-0.05, 0) is 17.0 Å². The summed E-state index contributed by atoms with van der Waals surface area (Å²) in [7, 11) is 1.53. The zero-order chi connectivity index (χ0) is 12.1. The number of halogens is 1. The van der Waals surface area contributed by atoms with E-state index in [-0.39, 0.29) is 11.2 Å². The van der Waals surface area contributed by atoms with Crippen molar-refractivity contribution >= 4 is 0 Å². The lowest BCUT2D eigenvalue weighted by atomic mass is 9.87. The van der Waals surface area contributed by atoms with Crippen molar-refractivity contribution in [1.29, 1.82) is 0 Å². The fourth-order valence-electron chi connectivity index (χ4n) is 1.23. The average Bonchev–Trinajstić information content (AvgIpc) is 2.18. The summed E-state index contributed by atoms with van der Waals surface area (Å²) in [6, 6.07) is 4.97. The summed E-state index contributed by atoms with van der Waals surface area (Å²) in [5, 5.41) is 0. The minimum atomic E-state index is -0.202. The summed E-state index contributed by atoms with van der Waals surface area (Å²) >= 11 is 0. The Morgan fingerprint density at radius 3 is 2.00 bits per heavy atom. The van der Waals surface area contributed by atoms with Crippen LogP contribution in [0, 0.1) is 5.82 Å². The second-order valence-electron chi connectivity index (χ2n) is 4.10. The van der Waals surface area contributed by atoms with Crippen molar-refractivity contribution in [3.8, 4) is 5.75 Å². The predicted molar refractivity (Wildman–Crippen MR) is 63.0 cm³/mol. The highest BCUT2D eigenvalue weighted by Crippen LogP contribution is 2.27. The molecule has 0 saturated heterocycles. The molecule has 86 valence electrons. The van der Waals surface area contributed by atoms with Gasteiger partial charge in [-0.1, -0.05) is 40.7 Å². The Bertz CT molecular complexity index is 300. The van der Waals surface area contributed by atoms with Gasteiger partial charge in [0, 0.05) is 6.07 Å². The molecule has 0 spiro atoms. The third-order valence-electron chi connectivity index (χ3n) is 1.98. The number of ether oxygens (including phenoxy) is 1. The minimum Gasteiger partial charge on any atom is -0.497 e. The molecule has 2 heteroatoms. The third kappa shape index (κ3) is 3.90. The maximum absolute atomic E-state index is 13.5. The fourth-order valence-corrected chi connectivity index (χ4v) is 1.23. The van der Waals surface area contributed by atoms with Crippen LogP contribution in [0.4, 0.5) is 4.39 Å². The van der Waals surface area contributed by atoms with Crippen molar-refractivity contribution in [2.75, 3.05) is 7.11 Å². The number of rotatable bonds is 1. The molecule has 0 heterocycles. The molecule has 1 nitrogen and oxygen atoms in total. The standard InChI is InChI=1S/C11H15FO.C2H6/c1-11(2,3)9-6-5-8(13-4)7-10(9)12;1-2/h5-7H,1-4H3;1-2H3. The van der Waals surface area contributed by atoms with Gasteiger partial charge in [0.05, 0.1) is 7.11 Å². The molecule has 0 aliphatic rings. The van der Waals surface area contributed by atoms with Crippen LogP contribution in [0.3, 0.4) is 0 Å². The molecule has 0 aromatic heterocycles. The van der Waals surface area contributed by atoms with Crippen LogP contribution >= 0.6 is 0 Å². The molecule has 1 aromatic rings. The molecular weight excluding hydrogens is 191 g/mol. The van der Waals surface area contributed by atoms with Gasteiger partial charge in [0.25, 0.3) is 0 Å². The van der Waals surface area contributed by atoms with Crippen LogP contribution in [0.15, 0.2) is 18.2 Å². The van der Waals surface area contributed by atoms with Crippen molar-refractivity contribution in [1.82, 2.24) is 0 Å². The van der Waals surface area contributed by atoms with Gasteiger partial charge in [0.1, 0.15) is 11.6 Å². The average molecular weight is 212 g/mol. The van der Waals surface area contributed by atoms with Gasteiger partial charge < -0.3 is 4.74 Å². The number of benzene rings is 1. The Morgan fingerprint density at radius 1 is 1.13 bits per heavy atom. The molecule has 0 amide bonds. The molecule has 0 atom stereocenters. The molecule has 0 aliphatic heterocycles. The van der Waals surface area contributed by atoms with E-state index in [1.54, 1.807) is 12.1 Å². The molecule has 0 aliphatic carbocycles. The lowest BCUT2D eigenvalue weighted by Crippen LogP contribution is -2.13. The molecule has 0 fully saturated rings. The van der Waals surface area contributed by atoms with Crippen molar-refractivity contribution < 1.29 is 9.13 Å². The second kappa shape index (κ2) is 5.74. The molecule has 0 N–H and O–H groups in total. The maximum atomic E-state index is 13.5. The first-order valence-corrected chi connectivity index (χ1v) is 5.29. The van der Waals surface area contributed by atoms with Crippen LogP contribution in [0.5, 0.6) is 5.75 Å². The highest BCUT2D eigenvalue weighted by atomic mass is 19.1. The maximum Gasteiger partial charge on any atom is 0.130 e. The summed E-state index contributed by atoms with van der Waals surface area (Å²) in [5.74, 6) is 0.359. The summed E-state index contributed by atoms with van der Waals surface area (Å²) in [6.07, 6.45) is 0. The predicted octanol–water partition coefficient (Wildman–Crippen LogP) is 4.16. The molecule has 0 saturated carbocycles. The Labute approximate surface area is 92.3 Å². The van der Waals surface area contributed by atoms with E-state index in [0.717, 1.165) is 0 Å². The van der Waals surface area contributed by atoms with E-state index in [1.165, 1.54) is 13.2 Å². The van der Waals surface area contributed by atoms with Gasteiger partial charge in [0.15, 0.2) is 0 Å². The van der Waals surface area contributed by atoms with E-state index in [9.17, 15) is 4.39 Å². The SMILES string of the molecule is CC.COc1ccc(C(C)(C)C)c(F)c1. The van der Waals surface area contributed by atoms with Crippen LogP contribution in [0.1, 0.15) is 40.2 Å². The largest absolute Gasteiger partial charge is 0.497 e. The van der Waals surface area contributed by atoms with E-state index >= 15 is 0 Å². The molecule has 1 aromatic carbocycles. The summed E-state index contributed by atoms with van der Waals surface area (Å²) in [4.78, 5) is 0. The van der Waals surface area contributed by atoms with Gasteiger partial charge in [-0.15, -0.1) is 0 Å². The third-order valence-corrected chi connectivity index (χ3v) is 1.98. The Morgan fingerprint density at radius 2 is 1.67 bits per heavy atom. The van der Waals surface area contributed by atoms with Crippen molar-refractivity contribution in [2.24, 2.45) is 0 Å². The van der Waals surface area contributed by atoms with E-state index in [2.05, 4.69) is 0 Å². The smallest absolute Gasteiger partial charge is 0.130 e. The Hall–Kier alpha value is -1.05. The van der Waals surface area contributed by atoms with Crippen molar-refractivity contribution in [2.45, 2.75) is 40.0 Å². The van der Waals surface area contributed by atoms with Crippen LogP contribution < -0.4 is 4.74 Å². The van der Waals surface area contributed by atoms with Crippen LogP contribution in [-0.4, -0.2) is 7.11 Å². The van der Waals surface area contributed by atoms with Gasteiger partial charge >= 0.3 is 0 Å². The van der Waals surface area contributed by atoms with Crippen LogP contribution in [0.2, 0.25) is 0 Å². The topological polar surface area (TPSA) is 9.23 Å². The first kappa shape index (κ1) is 13.9. The summed E-state index contributed by atoms with van der Waals surface area (Å²) < 4.78 is 18.4. The van der Waals surface area contributed by atoms with E-state index in [1.807, 2.05) is 34.6 Å². The number of hydrogen-bond donors (Lipinski definition) is 0. The van der Waals surface area contributed by atoms with E-state index in [4.69, 9.17) is 4.74 Å². The normalized spacial score (nSPS) is 10.3. The van der Waals surface area contributed by atoms with Crippen LogP contribution in [0.25, 0.3) is 0 Å². The number of hydrogen-bond acceptors (Lipinski definition) is 1. The van der Waals surface area contributed by atoms with Crippen molar-refractivity contribution in [3.63, 3.8) is 0 Å². The molecule has 1 rings (SSSR count). The molecule has 0 unspecified atom stereocenters. The lowest BCUT2D eigenvalue weighted by Gasteiger charge is -2.19. The summed E-state index contributed by atoms with van der Waals surface area (Å²) in [5.41, 5.74) is 0.560. The van der Waals surface area contributed by atoms with Gasteiger partial charge in [0.2, 0.25) is 0 Å². The molecule has 0 bridgehead atoms. The van der Waals surface area contributed by atoms with Crippen LogP contribution in [-0.2, 0) is 5.41 Å². The highest BCUT2D eigenvalue weighted by molar-refractivity contribution is 5.32.